The van der Waals surface area contributed by atoms with E-state index >= 15 is 0 Å². The van der Waals surface area contributed by atoms with E-state index in [0.717, 1.165) is 26.9 Å². The maximum Gasteiger partial charge on any atom is 0.152 e. The van der Waals surface area contributed by atoms with Gasteiger partial charge in [-0.1, -0.05) is 52.3 Å². The zero-order valence-corrected chi connectivity index (χ0v) is 19.5. The van der Waals surface area contributed by atoms with Crippen molar-refractivity contribution >= 4 is 25.8 Å². The molecule has 158 valence electrons. The third kappa shape index (κ3) is 4.85. The van der Waals surface area contributed by atoms with Crippen molar-refractivity contribution < 1.29 is 8.42 Å². The molecule has 0 saturated carbocycles. The zero-order valence-electron chi connectivity index (χ0n) is 17.1. The molecule has 2 aromatic carbocycles. The molecule has 2 unspecified atom stereocenters. The van der Waals surface area contributed by atoms with E-state index in [-0.39, 0.29) is 12.1 Å². The molecule has 4 rings (SSSR count). The van der Waals surface area contributed by atoms with E-state index in [1.165, 1.54) is 6.26 Å². The van der Waals surface area contributed by atoms with Gasteiger partial charge in [-0.15, -0.1) is 0 Å². The molecule has 1 aromatic heterocycles. The average Bonchev–Trinajstić information content (AvgIpc) is 3.03. The number of hydrogen-bond acceptors (Lipinski definition) is 4. The van der Waals surface area contributed by atoms with Crippen LogP contribution in [0.2, 0.25) is 0 Å². The Morgan fingerprint density at radius 2 is 1.93 bits per heavy atom. The van der Waals surface area contributed by atoms with Crippen molar-refractivity contribution in [3.63, 3.8) is 0 Å². The molecule has 0 aliphatic carbocycles. The standard InChI is InChI=1S/C23H26BrN3O2S/c1-27-14-19(25-15-27)13-21-20-9-8-18(24)11-17(20)12-23(30(2,28)29)22(26-21)10-16-6-4-3-5-7-16/h3-9,11,14-15,21-23,26H,10,12-13H2,1-2H3/t21-,22?,23?/m1/s1. The summed E-state index contributed by atoms with van der Waals surface area (Å²) in [6, 6.07) is 16.1. The summed E-state index contributed by atoms with van der Waals surface area (Å²) in [6.07, 6.45) is 7.04. The van der Waals surface area contributed by atoms with Crippen molar-refractivity contribution in [1.82, 2.24) is 14.9 Å². The largest absolute Gasteiger partial charge is 0.340 e. The summed E-state index contributed by atoms with van der Waals surface area (Å²) in [5.74, 6) is 0. The van der Waals surface area contributed by atoms with Crippen LogP contribution in [-0.4, -0.2) is 35.5 Å². The van der Waals surface area contributed by atoms with Gasteiger partial charge >= 0.3 is 0 Å². The number of rotatable bonds is 5. The first-order valence-electron chi connectivity index (χ1n) is 10.0. The first-order chi connectivity index (χ1) is 14.3. The molecular formula is C23H26BrN3O2S. The van der Waals surface area contributed by atoms with E-state index in [0.29, 0.717) is 19.3 Å². The van der Waals surface area contributed by atoms with Crippen LogP contribution in [0.5, 0.6) is 0 Å². The molecule has 5 nitrogen and oxygen atoms in total. The van der Waals surface area contributed by atoms with Crippen molar-refractivity contribution in [3.05, 3.63) is 87.9 Å². The number of sulfone groups is 1. The molecule has 0 saturated heterocycles. The SMILES string of the molecule is Cn1cnc(C[C@H]2NC(Cc3ccccc3)C(S(C)(=O)=O)Cc3cc(Br)ccc32)c1. The van der Waals surface area contributed by atoms with Crippen LogP contribution in [0.3, 0.4) is 0 Å². The Kier molecular flexibility index (Phi) is 6.14. The Morgan fingerprint density at radius 3 is 2.60 bits per heavy atom. The lowest BCUT2D eigenvalue weighted by atomic mass is 9.96. The summed E-state index contributed by atoms with van der Waals surface area (Å²) in [7, 11) is -1.31. The zero-order chi connectivity index (χ0) is 21.3. The second kappa shape index (κ2) is 8.65. The van der Waals surface area contributed by atoms with Crippen molar-refractivity contribution in [1.29, 1.82) is 0 Å². The fourth-order valence-electron chi connectivity index (χ4n) is 4.36. The van der Waals surface area contributed by atoms with Gasteiger partial charge in [0.05, 0.1) is 17.3 Å². The molecule has 3 aromatic rings. The van der Waals surface area contributed by atoms with Crippen LogP contribution in [-0.2, 0) is 36.1 Å². The number of aromatic nitrogens is 2. The van der Waals surface area contributed by atoms with Crippen LogP contribution >= 0.6 is 15.9 Å². The fourth-order valence-corrected chi connectivity index (χ4v) is 6.03. The van der Waals surface area contributed by atoms with Crippen LogP contribution in [0.4, 0.5) is 0 Å². The Bertz CT molecular complexity index is 1130. The van der Waals surface area contributed by atoms with Crippen LogP contribution in [0.1, 0.15) is 28.4 Å². The highest BCUT2D eigenvalue weighted by molar-refractivity contribution is 9.10. The van der Waals surface area contributed by atoms with Crippen molar-refractivity contribution in [3.8, 4) is 0 Å². The van der Waals surface area contributed by atoms with Gasteiger partial charge < -0.3 is 9.88 Å². The number of nitrogens with one attached hydrogen (secondary N) is 1. The van der Waals surface area contributed by atoms with Gasteiger partial charge in [-0.05, 0) is 41.7 Å². The fraction of sp³-hybridized carbons (Fsp3) is 0.348. The van der Waals surface area contributed by atoms with Crippen molar-refractivity contribution in [2.24, 2.45) is 7.05 Å². The summed E-state index contributed by atoms with van der Waals surface area (Å²) in [5, 5.41) is 3.21. The number of fused-ring (bicyclic) bond motifs is 1. The molecule has 7 heteroatoms. The number of benzene rings is 2. The summed E-state index contributed by atoms with van der Waals surface area (Å²) >= 11 is 3.56. The van der Waals surface area contributed by atoms with Crippen LogP contribution < -0.4 is 5.32 Å². The maximum absolute atomic E-state index is 12.8. The van der Waals surface area contributed by atoms with E-state index in [9.17, 15) is 8.42 Å². The minimum absolute atomic E-state index is 0.0107. The molecule has 2 heterocycles. The van der Waals surface area contributed by atoms with E-state index in [4.69, 9.17) is 0 Å². The Morgan fingerprint density at radius 1 is 1.17 bits per heavy atom. The number of aryl methyl sites for hydroxylation is 1. The minimum Gasteiger partial charge on any atom is -0.340 e. The van der Waals surface area contributed by atoms with Gasteiger partial charge in [0.2, 0.25) is 0 Å². The van der Waals surface area contributed by atoms with Gasteiger partial charge in [-0.25, -0.2) is 13.4 Å². The van der Waals surface area contributed by atoms with Crippen molar-refractivity contribution in [2.45, 2.75) is 36.6 Å². The average molecular weight is 488 g/mol. The topological polar surface area (TPSA) is 64.0 Å². The number of nitrogens with zero attached hydrogens (tertiary/aromatic N) is 2. The van der Waals surface area contributed by atoms with E-state index in [1.54, 1.807) is 6.33 Å². The van der Waals surface area contributed by atoms with Crippen molar-refractivity contribution in [2.75, 3.05) is 6.26 Å². The number of halogens is 1. The molecule has 1 N–H and O–H groups in total. The molecule has 0 amide bonds. The number of imidazole rings is 1. The van der Waals surface area contributed by atoms with Gasteiger partial charge in [-0.3, -0.25) is 0 Å². The van der Waals surface area contributed by atoms with Crippen LogP contribution in [0.25, 0.3) is 0 Å². The summed E-state index contributed by atoms with van der Waals surface area (Å²) in [4.78, 5) is 4.50. The first kappa shape index (κ1) is 21.3. The monoisotopic (exact) mass is 487 g/mol. The Balaban J connectivity index is 1.75. The molecule has 0 radical (unpaired) electrons. The van der Waals surface area contributed by atoms with Gasteiger partial charge in [0, 0.05) is 42.5 Å². The van der Waals surface area contributed by atoms with Gasteiger partial charge in [0.25, 0.3) is 0 Å². The van der Waals surface area contributed by atoms with Gasteiger partial charge in [-0.2, -0.15) is 0 Å². The summed E-state index contributed by atoms with van der Waals surface area (Å²) in [6.45, 7) is 0. The van der Waals surface area contributed by atoms with Gasteiger partial charge in [0.15, 0.2) is 9.84 Å². The van der Waals surface area contributed by atoms with Crippen LogP contribution in [0.15, 0.2) is 65.5 Å². The molecule has 0 fully saturated rings. The quantitative estimate of drug-likeness (QED) is 0.596. The lowest BCUT2D eigenvalue weighted by molar-refractivity contribution is 0.419. The molecule has 1 aliphatic heterocycles. The lowest BCUT2D eigenvalue weighted by Gasteiger charge is -2.28. The predicted octanol–water partition coefficient (Wildman–Crippen LogP) is 3.64. The molecule has 30 heavy (non-hydrogen) atoms. The molecular weight excluding hydrogens is 462 g/mol. The molecule has 1 aliphatic rings. The van der Waals surface area contributed by atoms with E-state index in [2.05, 4.69) is 50.5 Å². The summed E-state index contributed by atoms with van der Waals surface area (Å²) in [5.41, 5.74) is 4.34. The second-order valence-corrected chi connectivity index (χ2v) is 11.3. The first-order valence-corrected chi connectivity index (χ1v) is 12.8. The normalized spacial score (nSPS) is 21.8. The second-order valence-electron chi connectivity index (χ2n) is 8.17. The van der Waals surface area contributed by atoms with Crippen LogP contribution in [0, 0.1) is 0 Å². The molecule has 0 spiro atoms. The maximum atomic E-state index is 12.8. The summed E-state index contributed by atoms with van der Waals surface area (Å²) < 4.78 is 28.6. The highest BCUT2D eigenvalue weighted by atomic mass is 79.9. The van der Waals surface area contributed by atoms with E-state index < -0.39 is 15.1 Å². The Hall–Kier alpha value is -1.96. The predicted molar refractivity (Wildman–Crippen MR) is 123 cm³/mol. The molecule has 3 atom stereocenters. The smallest absolute Gasteiger partial charge is 0.152 e. The minimum atomic E-state index is -3.26. The van der Waals surface area contributed by atoms with E-state index in [1.807, 2.05) is 42.1 Å². The van der Waals surface area contributed by atoms with Gasteiger partial charge in [0.1, 0.15) is 0 Å². The Labute approximate surface area is 186 Å². The lowest BCUT2D eigenvalue weighted by Crippen LogP contribution is -2.46. The molecule has 0 bridgehead atoms. The highest BCUT2D eigenvalue weighted by Gasteiger charge is 2.36. The third-order valence-electron chi connectivity index (χ3n) is 5.79. The number of hydrogen-bond donors (Lipinski definition) is 1. The third-order valence-corrected chi connectivity index (χ3v) is 7.87. The highest BCUT2D eigenvalue weighted by Crippen LogP contribution is 2.32.